The van der Waals surface area contributed by atoms with Crippen molar-refractivity contribution in [3.8, 4) is 0 Å². The molecule has 0 aliphatic heterocycles. The molecule has 0 saturated heterocycles. The summed E-state index contributed by atoms with van der Waals surface area (Å²) in [6.45, 7) is 1.80. The van der Waals surface area contributed by atoms with E-state index in [-0.39, 0.29) is 10.6 Å². The molecule has 0 N–H and O–H groups in total. The van der Waals surface area contributed by atoms with Crippen LogP contribution in [0.1, 0.15) is 5.56 Å². The van der Waals surface area contributed by atoms with E-state index in [0.29, 0.717) is 0 Å². The summed E-state index contributed by atoms with van der Waals surface area (Å²) in [6.07, 6.45) is 0. The zero-order valence-electron chi connectivity index (χ0n) is 11.4. The first kappa shape index (κ1) is 19.0. The van der Waals surface area contributed by atoms with Crippen molar-refractivity contribution in [2.24, 2.45) is 4.40 Å². The summed E-state index contributed by atoms with van der Waals surface area (Å²) in [5.41, 5.74) is 0.486. The molecule has 10 heteroatoms. The smallest absolute Gasteiger partial charge is 0.282 e. The van der Waals surface area contributed by atoms with Crippen molar-refractivity contribution >= 4 is 79.5 Å². The Bertz CT molecular complexity index is 828. The third kappa shape index (κ3) is 3.55. The number of carbonyl (C=O) groups excluding carboxylic acids is 1. The van der Waals surface area contributed by atoms with Crippen LogP contribution in [-0.2, 0) is 14.8 Å². The van der Waals surface area contributed by atoms with Crippen molar-refractivity contribution in [1.82, 2.24) is 0 Å². The Morgan fingerprint density at radius 1 is 1.09 bits per heavy atom. The van der Waals surface area contributed by atoms with Crippen molar-refractivity contribution in [2.75, 3.05) is 0 Å². The second-order valence-electron chi connectivity index (χ2n) is 4.71. The predicted molar refractivity (Wildman–Crippen MR) is 93.6 cm³/mol. The Kier molecular flexibility index (Phi) is 5.41. The van der Waals surface area contributed by atoms with Gasteiger partial charge in [0, 0.05) is 0 Å². The standard InChI is InChI=1S/C13H8Cl5NO3S/c1-6-2-4-7(5-3-6)23(21,22)19-10-8(14)9(15)12(20)13(17,18)11(10)16/h2-5,11H,1H3/b19-10+. The summed E-state index contributed by atoms with van der Waals surface area (Å²) in [5.74, 6) is -0.917. The van der Waals surface area contributed by atoms with Gasteiger partial charge in [0.05, 0.1) is 15.6 Å². The number of rotatable bonds is 2. The van der Waals surface area contributed by atoms with Crippen LogP contribution in [-0.4, -0.2) is 29.6 Å². The van der Waals surface area contributed by atoms with Crippen molar-refractivity contribution in [2.45, 2.75) is 21.5 Å². The molecule has 2 rings (SSSR count). The molecule has 23 heavy (non-hydrogen) atoms. The number of carbonyl (C=O) groups is 1. The molecule has 0 bridgehead atoms. The van der Waals surface area contributed by atoms with Gasteiger partial charge >= 0.3 is 0 Å². The molecular weight excluding hydrogens is 427 g/mol. The number of Topliss-reactive ketones (excluding diaryl/α,β-unsaturated/α-hetero) is 1. The van der Waals surface area contributed by atoms with Gasteiger partial charge in [-0.25, -0.2) is 0 Å². The summed E-state index contributed by atoms with van der Waals surface area (Å²) in [7, 11) is -4.14. The van der Waals surface area contributed by atoms with Crippen molar-refractivity contribution in [3.63, 3.8) is 0 Å². The molecule has 1 aromatic rings. The van der Waals surface area contributed by atoms with Gasteiger partial charge in [0.2, 0.25) is 10.1 Å². The highest BCUT2D eigenvalue weighted by molar-refractivity contribution is 7.90. The fourth-order valence-corrected chi connectivity index (χ4v) is 4.17. The molecule has 0 heterocycles. The molecule has 1 unspecified atom stereocenters. The molecule has 4 nitrogen and oxygen atoms in total. The van der Waals surface area contributed by atoms with Crippen LogP contribution in [0.3, 0.4) is 0 Å². The van der Waals surface area contributed by atoms with Crippen LogP contribution < -0.4 is 0 Å². The van der Waals surface area contributed by atoms with Gasteiger partial charge in [-0.1, -0.05) is 64.1 Å². The van der Waals surface area contributed by atoms with Crippen LogP contribution in [0, 0.1) is 6.92 Å². The van der Waals surface area contributed by atoms with Crippen LogP contribution in [0.4, 0.5) is 0 Å². The lowest BCUT2D eigenvalue weighted by atomic mass is 10.0. The molecular formula is C13H8Cl5NO3S. The number of nitrogens with zero attached hydrogens (tertiary/aromatic N) is 1. The Labute approximate surface area is 158 Å². The summed E-state index contributed by atoms with van der Waals surface area (Å²) in [5, 5.41) is -2.40. The summed E-state index contributed by atoms with van der Waals surface area (Å²) < 4.78 is 26.1. The summed E-state index contributed by atoms with van der Waals surface area (Å²) in [4.78, 5) is 11.8. The molecule has 0 aromatic heterocycles. The highest BCUT2D eigenvalue weighted by atomic mass is 35.5. The van der Waals surface area contributed by atoms with E-state index < -0.39 is 35.6 Å². The average molecular weight is 436 g/mol. The number of aryl methyl sites for hydroxylation is 1. The molecule has 124 valence electrons. The highest BCUT2D eigenvalue weighted by Gasteiger charge is 2.51. The average Bonchev–Trinajstić information content (AvgIpc) is 2.49. The topological polar surface area (TPSA) is 63.6 Å². The Morgan fingerprint density at radius 3 is 2.13 bits per heavy atom. The molecule has 0 fully saturated rings. The fraction of sp³-hybridized carbons (Fsp3) is 0.231. The lowest BCUT2D eigenvalue weighted by Crippen LogP contribution is -2.45. The van der Waals surface area contributed by atoms with Gasteiger partial charge in [-0.15, -0.1) is 11.6 Å². The van der Waals surface area contributed by atoms with Crippen LogP contribution in [0.2, 0.25) is 0 Å². The quantitative estimate of drug-likeness (QED) is 0.655. The maximum absolute atomic E-state index is 12.4. The Hall–Kier alpha value is -0.300. The molecule has 1 aromatic carbocycles. The first-order valence-corrected chi connectivity index (χ1v) is 9.41. The molecule has 0 amide bonds. The van der Waals surface area contributed by atoms with E-state index in [1.165, 1.54) is 12.1 Å². The van der Waals surface area contributed by atoms with Gasteiger partial charge in [0.25, 0.3) is 10.0 Å². The zero-order chi connectivity index (χ0) is 17.6. The van der Waals surface area contributed by atoms with E-state index in [1.807, 2.05) is 0 Å². The van der Waals surface area contributed by atoms with Crippen LogP contribution in [0.5, 0.6) is 0 Å². The fourth-order valence-electron chi connectivity index (χ4n) is 1.74. The lowest BCUT2D eigenvalue weighted by Gasteiger charge is -2.29. The van der Waals surface area contributed by atoms with Crippen LogP contribution in [0.25, 0.3) is 0 Å². The monoisotopic (exact) mass is 433 g/mol. The maximum atomic E-state index is 12.4. The van der Waals surface area contributed by atoms with Crippen molar-refractivity contribution < 1.29 is 13.2 Å². The minimum Gasteiger partial charge on any atom is -0.290 e. The van der Waals surface area contributed by atoms with E-state index >= 15 is 0 Å². The zero-order valence-corrected chi connectivity index (χ0v) is 16.0. The Morgan fingerprint density at radius 2 is 1.61 bits per heavy atom. The summed E-state index contributed by atoms with van der Waals surface area (Å²) in [6, 6.07) is 5.96. The van der Waals surface area contributed by atoms with E-state index in [1.54, 1.807) is 19.1 Å². The number of allylic oxidation sites excluding steroid dienone is 2. The number of hydrogen-bond acceptors (Lipinski definition) is 3. The van der Waals surface area contributed by atoms with E-state index in [9.17, 15) is 13.2 Å². The second-order valence-corrected chi connectivity index (χ2v) is 8.89. The van der Waals surface area contributed by atoms with Gasteiger partial charge in [-0.2, -0.15) is 12.8 Å². The normalized spacial score (nSPS) is 23.5. The lowest BCUT2D eigenvalue weighted by molar-refractivity contribution is -0.115. The van der Waals surface area contributed by atoms with E-state index in [0.717, 1.165) is 5.56 Å². The van der Waals surface area contributed by atoms with Gasteiger partial charge < -0.3 is 0 Å². The number of ketones is 1. The van der Waals surface area contributed by atoms with E-state index in [2.05, 4.69) is 4.40 Å². The number of sulfonamides is 1. The minimum absolute atomic E-state index is 0.0771. The third-order valence-corrected chi connectivity index (χ3v) is 6.70. The number of benzene rings is 1. The number of alkyl halides is 3. The molecule has 1 aliphatic carbocycles. The first-order chi connectivity index (χ1) is 10.5. The van der Waals surface area contributed by atoms with Gasteiger partial charge in [-0.3, -0.25) is 4.79 Å². The molecule has 0 radical (unpaired) electrons. The second kappa shape index (κ2) is 6.54. The molecule has 1 aliphatic rings. The number of hydrogen-bond donors (Lipinski definition) is 0. The van der Waals surface area contributed by atoms with Gasteiger partial charge in [-0.05, 0) is 19.1 Å². The van der Waals surface area contributed by atoms with E-state index in [4.69, 9.17) is 58.0 Å². The largest absolute Gasteiger partial charge is 0.290 e. The van der Waals surface area contributed by atoms with Crippen LogP contribution in [0.15, 0.2) is 43.6 Å². The van der Waals surface area contributed by atoms with Crippen molar-refractivity contribution in [1.29, 1.82) is 0 Å². The van der Waals surface area contributed by atoms with Crippen molar-refractivity contribution in [3.05, 3.63) is 39.9 Å². The maximum Gasteiger partial charge on any atom is 0.282 e. The summed E-state index contributed by atoms with van der Waals surface area (Å²) >= 11 is 29.4. The SMILES string of the molecule is Cc1ccc(S(=O)(=O)/N=C2\C(Cl)=C(Cl)C(=O)C(Cl)(Cl)C2Cl)cc1. The molecule has 1 atom stereocenters. The molecule has 0 spiro atoms. The number of halogens is 5. The minimum atomic E-state index is -4.14. The van der Waals surface area contributed by atoms with Crippen LogP contribution >= 0.6 is 58.0 Å². The van der Waals surface area contributed by atoms with Gasteiger partial charge in [0.15, 0.2) is 0 Å². The highest BCUT2D eigenvalue weighted by Crippen LogP contribution is 2.42. The molecule has 0 saturated carbocycles. The first-order valence-electron chi connectivity index (χ1n) is 6.02. The predicted octanol–water partition coefficient (Wildman–Crippen LogP) is 4.18. The van der Waals surface area contributed by atoms with Gasteiger partial charge in [0.1, 0.15) is 10.4 Å². The Balaban J connectivity index is 2.61. The third-order valence-electron chi connectivity index (χ3n) is 3.02.